The molecule has 2 aromatic carbocycles. The first-order valence-electron chi connectivity index (χ1n) is 9.49. The molecule has 0 radical (unpaired) electrons. The molecule has 2 heterocycles. The summed E-state index contributed by atoms with van der Waals surface area (Å²) in [6.45, 7) is 3.85. The average molecular weight is 405 g/mol. The maximum atomic E-state index is 13.1. The van der Waals surface area contributed by atoms with Crippen LogP contribution in [0.3, 0.4) is 0 Å². The highest BCUT2D eigenvalue weighted by atomic mass is 32.1. The van der Waals surface area contributed by atoms with Crippen molar-refractivity contribution in [3.8, 4) is 16.5 Å². The predicted octanol–water partition coefficient (Wildman–Crippen LogP) is 4.38. The SMILES string of the molecule is N#Cc1ccc(CN2CCN(C(=O)c3ccc(-c4ccc(F)cc4)s3)CC2)cc1. The van der Waals surface area contributed by atoms with Gasteiger partial charge >= 0.3 is 0 Å². The molecular weight excluding hydrogens is 385 g/mol. The number of benzene rings is 2. The Morgan fingerprint density at radius 2 is 1.66 bits per heavy atom. The lowest BCUT2D eigenvalue weighted by Crippen LogP contribution is -2.48. The third-order valence-electron chi connectivity index (χ3n) is 5.09. The molecule has 4 rings (SSSR count). The van der Waals surface area contributed by atoms with Crippen molar-refractivity contribution < 1.29 is 9.18 Å². The average Bonchev–Trinajstić information content (AvgIpc) is 3.25. The van der Waals surface area contributed by atoms with Crippen LogP contribution in [0.15, 0.2) is 60.7 Å². The van der Waals surface area contributed by atoms with Crippen LogP contribution in [-0.2, 0) is 6.54 Å². The largest absolute Gasteiger partial charge is 0.335 e. The van der Waals surface area contributed by atoms with Gasteiger partial charge in [-0.15, -0.1) is 11.3 Å². The second kappa shape index (κ2) is 8.56. The van der Waals surface area contributed by atoms with Gasteiger partial charge in [0.15, 0.2) is 0 Å². The second-order valence-electron chi connectivity index (χ2n) is 7.05. The highest BCUT2D eigenvalue weighted by molar-refractivity contribution is 7.17. The molecule has 0 spiro atoms. The number of nitriles is 1. The molecule has 1 saturated heterocycles. The summed E-state index contributed by atoms with van der Waals surface area (Å²) < 4.78 is 13.1. The van der Waals surface area contributed by atoms with Crippen LogP contribution in [0, 0.1) is 17.1 Å². The van der Waals surface area contributed by atoms with Gasteiger partial charge in [-0.2, -0.15) is 5.26 Å². The van der Waals surface area contributed by atoms with E-state index in [0.29, 0.717) is 23.5 Å². The van der Waals surface area contributed by atoms with Crippen molar-refractivity contribution in [2.75, 3.05) is 26.2 Å². The fourth-order valence-electron chi connectivity index (χ4n) is 3.43. The van der Waals surface area contributed by atoms with Crippen LogP contribution >= 0.6 is 11.3 Å². The molecule has 29 heavy (non-hydrogen) atoms. The summed E-state index contributed by atoms with van der Waals surface area (Å²) in [4.78, 5) is 18.8. The normalized spacial score (nSPS) is 14.6. The summed E-state index contributed by atoms with van der Waals surface area (Å²) in [6.07, 6.45) is 0. The molecule has 1 aliphatic heterocycles. The van der Waals surface area contributed by atoms with Crippen LogP contribution in [0.2, 0.25) is 0 Å². The van der Waals surface area contributed by atoms with E-state index in [0.717, 1.165) is 30.1 Å². The van der Waals surface area contributed by atoms with Crippen LogP contribution in [0.1, 0.15) is 20.8 Å². The predicted molar refractivity (Wildman–Crippen MR) is 112 cm³/mol. The van der Waals surface area contributed by atoms with Crippen LogP contribution < -0.4 is 0 Å². The molecule has 0 unspecified atom stereocenters. The maximum Gasteiger partial charge on any atom is 0.264 e. The number of carbonyl (C=O) groups excluding carboxylic acids is 1. The van der Waals surface area contributed by atoms with Gasteiger partial charge in [0.25, 0.3) is 5.91 Å². The standard InChI is InChI=1S/C23H20FN3OS/c24-20-7-5-19(6-8-20)21-9-10-22(29-21)23(28)27-13-11-26(12-14-27)16-18-3-1-17(15-25)2-4-18/h1-10H,11-14,16H2. The zero-order valence-corrected chi connectivity index (χ0v) is 16.7. The molecule has 0 atom stereocenters. The number of rotatable bonds is 4. The second-order valence-corrected chi connectivity index (χ2v) is 8.13. The zero-order valence-electron chi connectivity index (χ0n) is 15.8. The molecule has 1 aromatic heterocycles. The number of thiophene rings is 1. The fourth-order valence-corrected chi connectivity index (χ4v) is 4.41. The molecule has 1 aliphatic rings. The van der Waals surface area contributed by atoms with Gasteiger partial charge in [0.2, 0.25) is 0 Å². The first-order chi connectivity index (χ1) is 14.1. The van der Waals surface area contributed by atoms with Crippen molar-refractivity contribution >= 4 is 17.2 Å². The zero-order chi connectivity index (χ0) is 20.2. The first kappa shape index (κ1) is 19.3. The third kappa shape index (κ3) is 4.53. The number of piperazine rings is 1. The fraction of sp³-hybridized carbons (Fsp3) is 0.217. The van der Waals surface area contributed by atoms with Gasteiger partial charge in [-0.05, 0) is 47.5 Å². The minimum Gasteiger partial charge on any atom is -0.335 e. The summed E-state index contributed by atoms with van der Waals surface area (Å²) in [6, 6.07) is 19.9. The Morgan fingerprint density at radius 3 is 2.31 bits per heavy atom. The smallest absolute Gasteiger partial charge is 0.264 e. The number of hydrogen-bond acceptors (Lipinski definition) is 4. The minimum absolute atomic E-state index is 0.0568. The van der Waals surface area contributed by atoms with Crippen LogP contribution in [-0.4, -0.2) is 41.9 Å². The van der Waals surface area contributed by atoms with E-state index in [9.17, 15) is 9.18 Å². The lowest BCUT2D eigenvalue weighted by molar-refractivity contribution is 0.0633. The maximum absolute atomic E-state index is 13.1. The van der Waals surface area contributed by atoms with Crippen LogP contribution in [0.4, 0.5) is 4.39 Å². The van der Waals surface area contributed by atoms with E-state index in [4.69, 9.17) is 5.26 Å². The van der Waals surface area contributed by atoms with Gasteiger partial charge in [0, 0.05) is 37.6 Å². The van der Waals surface area contributed by atoms with Gasteiger partial charge in [0.1, 0.15) is 5.82 Å². The van der Waals surface area contributed by atoms with Crippen molar-refractivity contribution in [1.82, 2.24) is 9.80 Å². The molecule has 146 valence electrons. The Balaban J connectivity index is 1.34. The monoisotopic (exact) mass is 405 g/mol. The highest BCUT2D eigenvalue weighted by Gasteiger charge is 2.23. The number of halogens is 1. The van der Waals surface area contributed by atoms with Gasteiger partial charge in [-0.25, -0.2) is 4.39 Å². The van der Waals surface area contributed by atoms with E-state index in [2.05, 4.69) is 11.0 Å². The number of amides is 1. The molecule has 0 saturated carbocycles. The Morgan fingerprint density at radius 1 is 0.966 bits per heavy atom. The Hall–Kier alpha value is -3.01. The number of hydrogen-bond donors (Lipinski definition) is 0. The van der Waals surface area contributed by atoms with Crippen molar-refractivity contribution in [2.45, 2.75) is 6.54 Å². The molecule has 0 N–H and O–H groups in total. The summed E-state index contributed by atoms with van der Waals surface area (Å²) in [5.74, 6) is -0.207. The highest BCUT2D eigenvalue weighted by Crippen LogP contribution is 2.29. The number of carbonyl (C=O) groups is 1. The topological polar surface area (TPSA) is 47.3 Å². The third-order valence-corrected chi connectivity index (χ3v) is 6.22. The van der Waals surface area contributed by atoms with E-state index in [1.807, 2.05) is 41.3 Å². The Labute approximate surface area is 173 Å². The minimum atomic E-state index is -0.263. The van der Waals surface area contributed by atoms with Gasteiger partial charge in [-0.1, -0.05) is 24.3 Å². The van der Waals surface area contributed by atoms with E-state index < -0.39 is 0 Å². The van der Waals surface area contributed by atoms with E-state index in [-0.39, 0.29) is 11.7 Å². The Bertz CT molecular complexity index is 1030. The van der Waals surface area contributed by atoms with Crippen molar-refractivity contribution in [3.05, 3.63) is 82.5 Å². The molecule has 4 nitrogen and oxygen atoms in total. The molecule has 3 aromatic rings. The summed E-state index contributed by atoms with van der Waals surface area (Å²) >= 11 is 1.45. The van der Waals surface area contributed by atoms with Gasteiger partial charge in [-0.3, -0.25) is 9.69 Å². The van der Waals surface area contributed by atoms with Gasteiger partial charge in [0.05, 0.1) is 16.5 Å². The van der Waals surface area contributed by atoms with Crippen LogP contribution in [0.25, 0.3) is 10.4 Å². The van der Waals surface area contributed by atoms with Crippen LogP contribution in [0.5, 0.6) is 0 Å². The van der Waals surface area contributed by atoms with Crippen molar-refractivity contribution in [2.24, 2.45) is 0 Å². The molecule has 1 amide bonds. The molecule has 0 aliphatic carbocycles. The molecule has 1 fully saturated rings. The summed E-state index contributed by atoms with van der Waals surface area (Å²) in [5.41, 5.74) is 2.76. The first-order valence-corrected chi connectivity index (χ1v) is 10.3. The number of nitrogens with zero attached hydrogens (tertiary/aromatic N) is 3. The molecule has 0 bridgehead atoms. The molecular formula is C23H20FN3OS. The van der Waals surface area contributed by atoms with E-state index in [1.165, 1.54) is 29.0 Å². The Kier molecular flexibility index (Phi) is 5.70. The lowest BCUT2D eigenvalue weighted by Gasteiger charge is -2.34. The summed E-state index contributed by atoms with van der Waals surface area (Å²) in [5, 5.41) is 8.89. The van der Waals surface area contributed by atoms with Crippen molar-refractivity contribution in [3.63, 3.8) is 0 Å². The van der Waals surface area contributed by atoms with Crippen molar-refractivity contribution in [1.29, 1.82) is 5.26 Å². The quantitative estimate of drug-likeness (QED) is 0.647. The van der Waals surface area contributed by atoms with E-state index in [1.54, 1.807) is 12.1 Å². The lowest BCUT2D eigenvalue weighted by atomic mass is 10.1. The molecule has 6 heteroatoms. The summed E-state index contributed by atoms with van der Waals surface area (Å²) in [7, 11) is 0. The van der Waals surface area contributed by atoms with E-state index >= 15 is 0 Å². The van der Waals surface area contributed by atoms with Gasteiger partial charge < -0.3 is 4.90 Å².